The number of hydrogen-bond acceptors (Lipinski definition) is 2. The number of fused-ring (bicyclic) bond motifs is 1. The minimum atomic E-state index is -0.0347. The van der Waals surface area contributed by atoms with Crippen molar-refractivity contribution in [3.8, 4) is 5.75 Å². The van der Waals surface area contributed by atoms with Gasteiger partial charge >= 0.3 is 0 Å². The summed E-state index contributed by atoms with van der Waals surface area (Å²) in [4.78, 5) is 0. The molecule has 0 unspecified atom stereocenters. The standard InChI is InChI=1S/C18H29NO/c1-17(2,10-11-19-5)9-8-14-6-7-16-15(12-14)13-18(3,4)20-16/h6-7,12,19H,8-11,13H2,1-5H3. The van der Waals surface area contributed by atoms with E-state index in [1.165, 1.54) is 24.0 Å². The van der Waals surface area contributed by atoms with Crippen molar-refractivity contribution in [2.75, 3.05) is 13.6 Å². The summed E-state index contributed by atoms with van der Waals surface area (Å²) in [6.45, 7) is 10.1. The quantitative estimate of drug-likeness (QED) is 0.848. The first-order valence-electron chi connectivity index (χ1n) is 7.77. The number of nitrogens with one attached hydrogen (secondary N) is 1. The summed E-state index contributed by atoms with van der Waals surface area (Å²) in [5, 5.41) is 3.25. The van der Waals surface area contributed by atoms with E-state index in [1.807, 2.05) is 7.05 Å². The Labute approximate surface area is 123 Å². The average Bonchev–Trinajstić information content (AvgIpc) is 2.67. The highest BCUT2D eigenvalue weighted by atomic mass is 16.5. The number of ether oxygens (including phenoxy) is 1. The minimum absolute atomic E-state index is 0.0347. The van der Waals surface area contributed by atoms with Gasteiger partial charge in [0.05, 0.1) is 0 Å². The summed E-state index contributed by atoms with van der Waals surface area (Å²) in [6.07, 6.45) is 4.64. The van der Waals surface area contributed by atoms with Crippen LogP contribution in [0.25, 0.3) is 0 Å². The summed E-state index contributed by atoms with van der Waals surface area (Å²) in [7, 11) is 2.03. The molecule has 0 saturated heterocycles. The Morgan fingerprint density at radius 3 is 2.70 bits per heavy atom. The molecule has 2 heteroatoms. The van der Waals surface area contributed by atoms with Gasteiger partial charge in [0.2, 0.25) is 0 Å². The number of aryl methyl sites for hydroxylation is 1. The second-order valence-corrected chi connectivity index (χ2v) is 7.50. The maximum Gasteiger partial charge on any atom is 0.123 e. The van der Waals surface area contributed by atoms with Crippen molar-refractivity contribution < 1.29 is 4.74 Å². The van der Waals surface area contributed by atoms with E-state index in [-0.39, 0.29) is 5.60 Å². The molecule has 1 heterocycles. The van der Waals surface area contributed by atoms with Gasteiger partial charge in [-0.25, -0.2) is 0 Å². The summed E-state index contributed by atoms with van der Waals surface area (Å²) >= 11 is 0. The number of hydrogen-bond donors (Lipinski definition) is 1. The smallest absolute Gasteiger partial charge is 0.123 e. The van der Waals surface area contributed by atoms with Crippen molar-refractivity contribution in [1.82, 2.24) is 5.32 Å². The molecule has 1 aromatic rings. The van der Waals surface area contributed by atoms with Crippen LogP contribution >= 0.6 is 0 Å². The molecule has 0 atom stereocenters. The van der Waals surface area contributed by atoms with E-state index in [9.17, 15) is 0 Å². The largest absolute Gasteiger partial charge is 0.487 e. The molecule has 1 N–H and O–H groups in total. The van der Waals surface area contributed by atoms with E-state index in [1.54, 1.807) is 0 Å². The molecule has 0 fully saturated rings. The van der Waals surface area contributed by atoms with Gasteiger partial charge in [0.1, 0.15) is 11.4 Å². The van der Waals surface area contributed by atoms with Gasteiger partial charge in [0.25, 0.3) is 0 Å². The van der Waals surface area contributed by atoms with Gasteiger partial charge in [-0.1, -0.05) is 26.0 Å². The molecule has 0 spiro atoms. The van der Waals surface area contributed by atoms with Crippen molar-refractivity contribution in [2.24, 2.45) is 5.41 Å². The van der Waals surface area contributed by atoms with E-state index < -0.39 is 0 Å². The van der Waals surface area contributed by atoms with Crippen LogP contribution in [0.2, 0.25) is 0 Å². The van der Waals surface area contributed by atoms with Crippen molar-refractivity contribution in [3.05, 3.63) is 29.3 Å². The second kappa shape index (κ2) is 5.77. The van der Waals surface area contributed by atoms with Crippen LogP contribution in [0.4, 0.5) is 0 Å². The monoisotopic (exact) mass is 275 g/mol. The third-order valence-corrected chi connectivity index (χ3v) is 4.27. The van der Waals surface area contributed by atoms with Crippen LogP contribution in [0.1, 0.15) is 51.7 Å². The molecule has 0 saturated carbocycles. The third kappa shape index (κ3) is 3.99. The molecule has 0 aromatic heterocycles. The average molecular weight is 275 g/mol. The Morgan fingerprint density at radius 2 is 2.00 bits per heavy atom. The van der Waals surface area contributed by atoms with Gasteiger partial charge in [-0.15, -0.1) is 0 Å². The molecule has 0 radical (unpaired) electrons. The van der Waals surface area contributed by atoms with E-state index in [2.05, 4.69) is 51.2 Å². The predicted molar refractivity (Wildman–Crippen MR) is 85.5 cm³/mol. The van der Waals surface area contributed by atoms with Gasteiger partial charge in [-0.05, 0) is 69.3 Å². The first kappa shape index (κ1) is 15.4. The van der Waals surface area contributed by atoms with E-state index in [0.717, 1.165) is 25.1 Å². The topological polar surface area (TPSA) is 21.3 Å². The molecule has 20 heavy (non-hydrogen) atoms. The molecular weight excluding hydrogens is 246 g/mol. The van der Waals surface area contributed by atoms with Crippen LogP contribution in [0.15, 0.2) is 18.2 Å². The SMILES string of the molecule is CNCCC(C)(C)CCc1ccc2c(c1)CC(C)(C)O2. The molecule has 2 nitrogen and oxygen atoms in total. The van der Waals surface area contributed by atoms with E-state index in [4.69, 9.17) is 4.74 Å². The highest BCUT2D eigenvalue weighted by Gasteiger charge is 2.30. The molecule has 0 amide bonds. The van der Waals surface area contributed by atoms with E-state index >= 15 is 0 Å². The lowest BCUT2D eigenvalue weighted by atomic mass is 9.83. The Bertz CT molecular complexity index is 462. The molecule has 1 aromatic carbocycles. The summed E-state index contributed by atoms with van der Waals surface area (Å²) in [6, 6.07) is 6.73. The molecule has 1 aliphatic rings. The number of benzene rings is 1. The first-order valence-corrected chi connectivity index (χ1v) is 7.77. The predicted octanol–water partition coefficient (Wildman–Crippen LogP) is 3.97. The number of rotatable bonds is 6. The second-order valence-electron chi connectivity index (χ2n) is 7.50. The fraction of sp³-hybridized carbons (Fsp3) is 0.667. The van der Waals surface area contributed by atoms with Crippen LogP contribution < -0.4 is 10.1 Å². The summed E-state index contributed by atoms with van der Waals surface area (Å²) in [5.74, 6) is 1.08. The van der Waals surface area contributed by atoms with Crippen molar-refractivity contribution in [3.63, 3.8) is 0 Å². The van der Waals surface area contributed by atoms with Crippen LogP contribution in [0, 0.1) is 5.41 Å². The van der Waals surface area contributed by atoms with Gasteiger partial charge in [0.15, 0.2) is 0 Å². The first-order chi connectivity index (χ1) is 9.31. The van der Waals surface area contributed by atoms with Crippen LogP contribution in [0.3, 0.4) is 0 Å². The molecular formula is C18H29NO. The fourth-order valence-electron chi connectivity index (χ4n) is 2.89. The molecule has 0 aliphatic carbocycles. The Balaban J connectivity index is 1.95. The fourth-order valence-corrected chi connectivity index (χ4v) is 2.89. The highest BCUT2D eigenvalue weighted by Crippen LogP contribution is 2.36. The van der Waals surface area contributed by atoms with Crippen molar-refractivity contribution >= 4 is 0 Å². The maximum absolute atomic E-state index is 5.94. The highest BCUT2D eigenvalue weighted by molar-refractivity contribution is 5.41. The van der Waals surface area contributed by atoms with Crippen molar-refractivity contribution in [2.45, 2.75) is 59.0 Å². The summed E-state index contributed by atoms with van der Waals surface area (Å²) in [5.41, 5.74) is 3.19. The third-order valence-electron chi connectivity index (χ3n) is 4.27. The zero-order chi connectivity index (χ0) is 14.8. The molecule has 2 rings (SSSR count). The van der Waals surface area contributed by atoms with Gasteiger partial charge < -0.3 is 10.1 Å². The normalized spacial score (nSPS) is 16.9. The molecule has 112 valence electrons. The van der Waals surface area contributed by atoms with Crippen LogP contribution in [-0.2, 0) is 12.8 Å². The summed E-state index contributed by atoms with van der Waals surface area (Å²) < 4.78 is 5.94. The van der Waals surface area contributed by atoms with Gasteiger partial charge in [0, 0.05) is 6.42 Å². The lowest BCUT2D eigenvalue weighted by molar-refractivity contribution is 0.138. The Hall–Kier alpha value is -1.02. The van der Waals surface area contributed by atoms with Crippen LogP contribution in [-0.4, -0.2) is 19.2 Å². The zero-order valence-corrected chi connectivity index (χ0v) is 13.7. The van der Waals surface area contributed by atoms with Gasteiger partial charge in [-0.3, -0.25) is 0 Å². The minimum Gasteiger partial charge on any atom is -0.487 e. The lowest BCUT2D eigenvalue weighted by Gasteiger charge is -2.24. The van der Waals surface area contributed by atoms with Crippen molar-refractivity contribution in [1.29, 1.82) is 0 Å². The maximum atomic E-state index is 5.94. The zero-order valence-electron chi connectivity index (χ0n) is 13.7. The van der Waals surface area contributed by atoms with E-state index in [0.29, 0.717) is 5.41 Å². The lowest BCUT2D eigenvalue weighted by Crippen LogP contribution is -2.24. The molecule has 1 aliphatic heterocycles. The Morgan fingerprint density at radius 1 is 1.25 bits per heavy atom. The Kier molecular flexibility index (Phi) is 4.43. The van der Waals surface area contributed by atoms with Gasteiger partial charge in [-0.2, -0.15) is 0 Å². The van der Waals surface area contributed by atoms with Crippen LogP contribution in [0.5, 0.6) is 5.75 Å². The molecule has 0 bridgehead atoms.